The number of benzene rings is 1. The fourth-order valence-electron chi connectivity index (χ4n) is 2.66. The first-order valence-electron chi connectivity index (χ1n) is 8.32. The molecule has 3 amide bonds. The molecule has 0 saturated carbocycles. The average molecular weight is 357 g/mol. The smallest absolute Gasteiger partial charge is 0.343 e. The maximum atomic E-state index is 12.5. The van der Waals surface area contributed by atoms with Crippen molar-refractivity contribution in [1.82, 2.24) is 15.5 Å². The van der Waals surface area contributed by atoms with Crippen molar-refractivity contribution in [3.63, 3.8) is 0 Å². The van der Waals surface area contributed by atoms with Crippen molar-refractivity contribution in [1.29, 1.82) is 0 Å². The first-order valence-corrected chi connectivity index (χ1v) is 8.32. The minimum atomic E-state index is -4.34. The summed E-state index contributed by atoms with van der Waals surface area (Å²) in [5, 5.41) is 5.36. The van der Waals surface area contributed by atoms with Crippen LogP contribution in [0.3, 0.4) is 0 Å². The highest BCUT2D eigenvalue weighted by Gasteiger charge is 2.29. The van der Waals surface area contributed by atoms with Crippen LogP contribution in [0.1, 0.15) is 30.4 Å². The normalized spacial score (nSPS) is 14.7. The van der Waals surface area contributed by atoms with Crippen molar-refractivity contribution in [3.8, 4) is 0 Å². The zero-order valence-electron chi connectivity index (χ0n) is 13.9. The van der Waals surface area contributed by atoms with Crippen LogP contribution in [0.2, 0.25) is 0 Å². The largest absolute Gasteiger partial charge is 0.416 e. The summed E-state index contributed by atoms with van der Waals surface area (Å²) in [5.74, 6) is 0.168. The van der Waals surface area contributed by atoms with Crippen LogP contribution in [0.4, 0.5) is 18.0 Å². The molecule has 138 valence electrons. The zero-order chi connectivity index (χ0) is 18.3. The second-order valence-corrected chi connectivity index (χ2v) is 5.97. The standard InChI is InChI=1S/C17H22F3N3O2/c18-17(19,20)14-6-4-13(5-7-14)8-10-22-16(25)21-9-2-12-23-11-1-3-15(23)24/h4-7H,1-3,8-12H2,(H2,21,22,25). The highest BCUT2D eigenvalue weighted by Crippen LogP contribution is 2.29. The second-order valence-electron chi connectivity index (χ2n) is 5.97. The van der Waals surface area contributed by atoms with Gasteiger partial charge in [0.1, 0.15) is 0 Å². The molecule has 1 aliphatic heterocycles. The molecule has 0 aromatic heterocycles. The molecule has 0 unspecified atom stereocenters. The Morgan fingerprint density at radius 2 is 1.80 bits per heavy atom. The van der Waals surface area contributed by atoms with Crippen molar-refractivity contribution < 1.29 is 22.8 Å². The molecular formula is C17H22F3N3O2. The fraction of sp³-hybridized carbons (Fsp3) is 0.529. The highest BCUT2D eigenvalue weighted by atomic mass is 19.4. The molecule has 0 spiro atoms. The van der Waals surface area contributed by atoms with Crippen LogP contribution >= 0.6 is 0 Å². The van der Waals surface area contributed by atoms with Gasteiger partial charge < -0.3 is 15.5 Å². The number of rotatable bonds is 7. The van der Waals surface area contributed by atoms with E-state index < -0.39 is 11.7 Å². The summed E-state index contributed by atoms with van der Waals surface area (Å²) in [5.41, 5.74) is 0.0410. The lowest BCUT2D eigenvalue weighted by Gasteiger charge is -2.15. The summed E-state index contributed by atoms with van der Waals surface area (Å²) in [6.45, 7) is 2.24. The van der Waals surface area contributed by atoms with E-state index in [1.54, 1.807) is 4.90 Å². The predicted octanol–water partition coefficient (Wildman–Crippen LogP) is 2.56. The van der Waals surface area contributed by atoms with Crippen LogP contribution < -0.4 is 10.6 Å². The molecule has 1 heterocycles. The monoisotopic (exact) mass is 357 g/mol. The minimum Gasteiger partial charge on any atom is -0.343 e. The molecule has 1 saturated heterocycles. The van der Waals surface area contributed by atoms with Crippen LogP contribution in [-0.4, -0.2) is 43.0 Å². The van der Waals surface area contributed by atoms with Crippen LogP contribution in [-0.2, 0) is 17.4 Å². The third kappa shape index (κ3) is 6.28. The van der Waals surface area contributed by atoms with E-state index in [1.165, 1.54) is 12.1 Å². The lowest BCUT2D eigenvalue weighted by atomic mass is 10.1. The Morgan fingerprint density at radius 3 is 2.40 bits per heavy atom. The molecular weight excluding hydrogens is 335 g/mol. The molecule has 1 aromatic rings. The molecule has 25 heavy (non-hydrogen) atoms. The first kappa shape index (κ1) is 19.1. The lowest BCUT2D eigenvalue weighted by molar-refractivity contribution is -0.137. The van der Waals surface area contributed by atoms with Gasteiger partial charge in [-0.3, -0.25) is 4.79 Å². The number of urea groups is 1. The Balaban J connectivity index is 1.58. The van der Waals surface area contributed by atoms with Gasteiger partial charge in [-0.15, -0.1) is 0 Å². The fourth-order valence-corrected chi connectivity index (χ4v) is 2.66. The number of nitrogens with zero attached hydrogens (tertiary/aromatic N) is 1. The zero-order valence-corrected chi connectivity index (χ0v) is 13.9. The van der Waals surface area contributed by atoms with Crippen molar-refractivity contribution in [2.45, 2.75) is 31.9 Å². The van der Waals surface area contributed by atoms with Crippen LogP contribution in [0.15, 0.2) is 24.3 Å². The minimum absolute atomic E-state index is 0.168. The molecule has 0 radical (unpaired) electrons. The third-order valence-electron chi connectivity index (χ3n) is 4.04. The van der Waals surface area contributed by atoms with Crippen LogP contribution in [0.5, 0.6) is 0 Å². The number of alkyl halides is 3. The lowest BCUT2D eigenvalue weighted by Crippen LogP contribution is -2.38. The summed E-state index contributed by atoms with van der Waals surface area (Å²) in [6, 6.07) is 4.58. The topological polar surface area (TPSA) is 61.4 Å². The number of carbonyl (C=O) groups is 2. The van der Waals surface area contributed by atoms with Gasteiger partial charge >= 0.3 is 12.2 Å². The van der Waals surface area contributed by atoms with Gasteiger partial charge in [0.15, 0.2) is 0 Å². The van der Waals surface area contributed by atoms with Crippen molar-refractivity contribution >= 4 is 11.9 Å². The SMILES string of the molecule is O=C(NCCCN1CCCC1=O)NCCc1ccc(C(F)(F)F)cc1. The molecule has 0 aliphatic carbocycles. The number of likely N-dealkylation sites (tertiary alicyclic amines) is 1. The van der Waals surface area contributed by atoms with Crippen LogP contribution in [0, 0.1) is 0 Å². The number of nitrogens with one attached hydrogen (secondary N) is 2. The number of hydrogen-bond donors (Lipinski definition) is 2. The van der Waals surface area contributed by atoms with E-state index in [-0.39, 0.29) is 11.9 Å². The van der Waals surface area contributed by atoms with Gasteiger partial charge in [0.05, 0.1) is 5.56 Å². The average Bonchev–Trinajstić information content (AvgIpc) is 2.96. The predicted molar refractivity (Wildman–Crippen MR) is 87.0 cm³/mol. The number of hydrogen-bond acceptors (Lipinski definition) is 2. The Hall–Kier alpha value is -2.25. The van der Waals surface area contributed by atoms with Gasteiger partial charge in [-0.2, -0.15) is 13.2 Å². The molecule has 2 N–H and O–H groups in total. The molecule has 0 bridgehead atoms. The quantitative estimate of drug-likeness (QED) is 0.737. The number of carbonyl (C=O) groups excluding carboxylic acids is 2. The van der Waals surface area contributed by atoms with Crippen LogP contribution in [0.25, 0.3) is 0 Å². The summed E-state index contributed by atoms with van der Waals surface area (Å²) < 4.78 is 37.4. The summed E-state index contributed by atoms with van der Waals surface area (Å²) in [4.78, 5) is 24.8. The van der Waals surface area contributed by atoms with E-state index in [9.17, 15) is 22.8 Å². The van der Waals surface area contributed by atoms with E-state index in [0.29, 0.717) is 38.9 Å². The third-order valence-corrected chi connectivity index (χ3v) is 4.04. The summed E-state index contributed by atoms with van der Waals surface area (Å²) in [7, 11) is 0. The van der Waals surface area contributed by atoms with Gasteiger partial charge in [0.25, 0.3) is 0 Å². The van der Waals surface area contributed by atoms with E-state index in [1.807, 2.05) is 0 Å². The van der Waals surface area contributed by atoms with Gasteiger partial charge in [0, 0.05) is 32.6 Å². The molecule has 8 heteroatoms. The Morgan fingerprint density at radius 1 is 1.12 bits per heavy atom. The Kier molecular flexibility index (Phi) is 6.66. The molecule has 1 aliphatic rings. The highest BCUT2D eigenvalue weighted by molar-refractivity contribution is 5.78. The number of amides is 3. The Labute approximate surface area is 144 Å². The molecule has 5 nitrogen and oxygen atoms in total. The van der Waals surface area contributed by atoms with E-state index in [4.69, 9.17) is 0 Å². The van der Waals surface area contributed by atoms with Gasteiger partial charge in [-0.25, -0.2) is 4.79 Å². The van der Waals surface area contributed by atoms with E-state index >= 15 is 0 Å². The van der Waals surface area contributed by atoms with Crippen molar-refractivity contribution in [2.24, 2.45) is 0 Å². The van der Waals surface area contributed by atoms with Crippen molar-refractivity contribution in [3.05, 3.63) is 35.4 Å². The number of halogens is 3. The first-order chi connectivity index (χ1) is 11.9. The second kappa shape index (κ2) is 8.73. The van der Waals surface area contributed by atoms with Gasteiger partial charge in [-0.05, 0) is 37.0 Å². The van der Waals surface area contributed by atoms with Gasteiger partial charge in [0.2, 0.25) is 5.91 Å². The maximum Gasteiger partial charge on any atom is 0.416 e. The molecule has 1 aromatic carbocycles. The molecule has 0 atom stereocenters. The Bertz CT molecular complexity index is 588. The van der Waals surface area contributed by atoms with Gasteiger partial charge in [-0.1, -0.05) is 12.1 Å². The summed E-state index contributed by atoms with van der Waals surface area (Å²) >= 11 is 0. The van der Waals surface area contributed by atoms with E-state index in [2.05, 4.69) is 10.6 Å². The molecule has 2 rings (SSSR count). The maximum absolute atomic E-state index is 12.5. The molecule has 1 fully saturated rings. The summed E-state index contributed by atoms with van der Waals surface area (Å²) in [6.07, 6.45) is -1.68. The van der Waals surface area contributed by atoms with E-state index in [0.717, 1.165) is 30.7 Å². The van der Waals surface area contributed by atoms with Crippen molar-refractivity contribution in [2.75, 3.05) is 26.2 Å².